The highest BCUT2D eigenvalue weighted by molar-refractivity contribution is 7.25. The van der Waals surface area contributed by atoms with Gasteiger partial charge < -0.3 is 9.30 Å². The van der Waals surface area contributed by atoms with E-state index in [4.69, 9.17) is 4.74 Å². The first-order chi connectivity index (χ1) is 30.4. The number of para-hydroxylation sites is 1. The van der Waals surface area contributed by atoms with E-state index in [9.17, 15) is 0 Å². The smallest absolute Gasteiger partial charge is 0.128 e. The zero-order valence-corrected chi connectivity index (χ0v) is 35.9. The molecule has 2 heterocycles. The number of aryl methyl sites for hydroxylation is 1. The predicted molar refractivity (Wildman–Crippen MR) is 265 cm³/mol. The first kappa shape index (κ1) is 37.8. The molecule has 2 nitrogen and oxygen atoms in total. The summed E-state index contributed by atoms with van der Waals surface area (Å²) in [5.74, 6) is 1.91. The van der Waals surface area contributed by atoms with E-state index in [1.165, 1.54) is 64.5 Å². The van der Waals surface area contributed by atoms with E-state index in [2.05, 4.69) is 238 Å². The van der Waals surface area contributed by atoms with Gasteiger partial charge in [-0.3, -0.25) is 0 Å². The van der Waals surface area contributed by atoms with Crippen molar-refractivity contribution in [3.05, 3.63) is 234 Å². The molecule has 298 valence electrons. The fraction of sp³-hybridized carbons (Fsp3) is 0.0847. The number of thiophene rings is 1. The van der Waals surface area contributed by atoms with Crippen LogP contribution in [0.3, 0.4) is 0 Å². The standard InChI is InChI=1S/C59H45NOS/c1-39-26-30-46(61-47-31-32-56-53(37-47)49-22-12-14-24-55(49)60(56)45-29-33-58-54(35-45)50-23-13-15-25-57(50)62-58)36-51(39)48-21-11-10-18-43(48)28-27-41-34-52(42-16-6-4-7-17-42)40(2)59(3,38-41)44-19-8-5-9-20-44/h4-38,40H,1-3H3/b28-27-. The molecule has 0 fully saturated rings. The topological polar surface area (TPSA) is 14.2 Å². The number of benzene rings is 8. The Morgan fingerprint density at radius 3 is 2.10 bits per heavy atom. The molecule has 0 N–H and O–H groups in total. The molecule has 2 aromatic heterocycles. The van der Waals surface area contributed by atoms with Crippen LogP contribution in [0.1, 0.15) is 36.1 Å². The number of hydrogen-bond donors (Lipinski definition) is 0. The number of allylic oxidation sites excluding steroid dienone is 5. The molecule has 1 aliphatic carbocycles. The van der Waals surface area contributed by atoms with Crippen molar-refractivity contribution < 1.29 is 4.74 Å². The summed E-state index contributed by atoms with van der Waals surface area (Å²) in [5.41, 5.74) is 13.1. The molecule has 0 saturated carbocycles. The first-order valence-corrected chi connectivity index (χ1v) is 22.3. The molecular formula is C59H45NOS. The fourth-order valence-corrected chi connectivity index (χ4v) is 10.7. The van der Waals surface area contributed by atoms with Gasteiger partial charge in [0.15, 0.2) is 0 Å². The summed E-state index contributed by atoms with van der Waals surface area (Å²) in [5, 5.41) is 4.96. The van der Waals surface area contributed by atoms with E-state index in [1.54, 1.807) is 0 Å². The van der Waals surface area contributed by atoms with E-state index in [0.29, 0.717) is 5.92 Å². The minimum absolute atomic E-state index is 0.172. The second-order valence-corrected chi connectivity index (χ2v) is 17.9. The van der Waals surface area contributed by atoms with Crippen molar-refractivity contribution in [3.8, 4) is 28.3 Å². The first-order valence-electron chi connectivity index (χ1n) is 21.5. The SMILES string of the molecule is Cc1ccc(Oc2ccc3c(c2)c2ccccc2n3-c2ccc3sc4ccccc4c3c2)cc1-c1ccccc1/C=C\C1=CC(C)(c2ccccc2)C(C)C(c2ccccc2)=C1. The van der Waals surface area contributed by atoms with E-state index in [0.717, 1.165) is 39.2 Å². The van der Waals surface area contributed by atoms with Crippen LogP contribution in [-0.4, -0.2) is 4.57 Å². The number of aromatic nitrogens is 1. The van der Waals surface area contributed by atoms with Gasteiger partial charge in [0.05, 0.1) is 11.0 Å². The van der Waals surface area contributed by atoms with Crippen LogP contribution in [0.4, 0.5) is 0 Å². The van der Waals surface area contributed by atoms with Gasteiger partial charge in [-0.1, -0.05) is 166 Å². The third-order valence-electron chi connectivity index (χ3n) is 13.1. The Balaban J connectivity index is 0.934. The van der Waals surface area contributed by atoms with Crippen LogP contribution in [0.15, 0.2) is 212 Å². The number of nitrogens with zero attached hydrogens (tertiary/aromatic N) is 1. The summed E-state index contributed by atoms with van der Waals surface area (Å²) in [7, 11) is 0. The van der Waals surface area contributed by atoms with Crippen LogP contribution in [-0.2, 0) is 5.41 Å². The summed E-state index contributed by atoms with van der Waals surface area (Å²) in [6.45, 7) is 6.92. The maximum Gasteiger partial charge on any atom is 0.128 e. The van der Waals surface area contributed by atoms with Crippen molar-refractivity contribution in [2.45, 2.75) is 26.2 Å². The van der Waals surface area contributed by atoms with Gasteiger partial charge in [0.1, 0.15) is 11.5 Å². The summed E-state index contributed by atoms with van der Waals surface area (Å²) in [6.07, 6.45) is 9.39. The molecule has 0 saturated heterocycles. The lowest BCUT2D eigenvalue weighted by molar-refractivity contribution is 0.468. The maximum absolute atomic E-state index is 6.74. The van der Waals surface area contributed by atoms with Crippen molar-refractivity contribution in [1.82, 2.24) is 4.57 Å². The van der Waals surface area contributed by atoms with Gasteiger partial charge in [-0.05, 0) is 118 Å². The number of fused-ring (bicyclic) bond motifs is 6. The summed E-state index contributed by atoms with van der Waals surface area (Å²) < 4.78 is 11.8. The van der Waals surface area contributed by atoms with E-state index in [1.807, 2.05) is 11.3 Å². The molecule has 10 aromatic rings. The normalized spacial score (nSPS) is 16.7. The summed E-state index contributed by atoms with van der Waals surface area (Å²) in [6, 6.07) is 67.7. The lowest BCUT2D eigenvalue weighted by atomic mass is 9.65. The molecule has 11 rings (SSSR count). The van der Waals surface area contributed by atoms with Crippen LogP contribution in [0.25, 0.3) is 70.4 Å². The lowest BCUT2D eigenvalue weighted by Gasteiger charge is -2.39. The third-order valence-corrected chi connectivity index (χ3v) is 14.2. The molecule has 2 atom stereocenters. The van der Waals surface area contributed by atoms with Gasteiger partial charge in [0.25, 0.3) is 0 Å². The quantitative estimate of drug-likeness (QED) is 0.149. The van der Waals surface area contributed by atoms with Gasteiger partial charge in [0.2, 0.25) is 0 Å². The fourth-order valence-electron chi connectivity index (χ4n) is 9.64. The number of ether oxygens (including phenoxy) is 1. The van der Waals surface area contributed by atoms with Crippen LogP contribution in [0, 0.1) is 12.8 Å². The Morgan fingerprint density at radius 1 is 0.565 bits per heavy atom. The Kier molecular flexibility index (Phi) is 9.36. The van der Waals surface area contributed by atoms with Crippen LogP contribution in [0.2, 0.25) is 0 Å². The highest BCUT2D eigenvalue weighted by Gasteiger charge is 2.36. The number of rotatable bonds is 8. The minimum atomic E-state index is -0.172. The van der Waals surface area contributed by atoms with Crippen LogP contribution in [0.5, 0.6) is 11.5 Å². The van der Waals surface area contributed by atoms with Gasteiger partial charge >= 0.3 is 0 Å². The highest BCUT2D eigenvalue weighted by Crippen LogP contribution is 2.46. The molecule has 2 unspecified atom stereocenters. The molecule has 3 heteroatoms. The lowest BCUT2D eigenvalue weighted by Crippen LogP contribution is -2.31. The van der Waals surface area contributed by atoms with Crippen LogP contribution >= 0.6 is 11.3 Å². The van der Waals surface area contributed by atoms with Crippen molar-refractivity contribution in [1.29, 1.82) is 0 Å². The minimum Gasteiger partial charge on any atom is -0.457 e. The average Bonchev–Trinajstić information content (AvgIpc) is 3.86. The molecule has 0 aliphatic heterocycles. The van der Waals surface area contributed by atoms with Gasteiger partial charge in [-0.25, -0.2) is 0 Å². The zero-order chi connectivity index (χ0) is 41.8. The summed E-state index contributed by atoms with van der Waals surface area (Å²) in [4.78, 5) is 0. The molecular weight excluding hydrogens is 771 g/mol. The predicted octanol–water partition coefficient (Wildman–Crippen LogP) is 16.6. The maximum atomic E-state index is 6.74. The Hall–Kier alpha value is -7.20. The zero-order valence-electron chi connectivity index (χ0n) is 35.0. The van der Waals surface area contributed by atoms with Gasteiger partial charge in [-0.15, -0.1) is 11.3 Å². The molecule has 0 spiro atoms. The molecule has 0 radical (unpaired) electrons. The average molecular weight is 816 g/mol. The molecule has 0 amide bonds. The molecule has 1 aliphatic rings. The van der Waals surface area contributed by atoms with Crippen molar-refractivity contribution in [3.63, 3.8) is 0 Å². The second kappa shape index (κ2) is 15.4. The molecule has 8 aromatic carbocycles. The van der Waals surface area contributed by atoms with Crippen molar-refractivity contribution in [2.24, 2.45) is 5.92 Å². The Bertz CT molecular complexity index is 3420. The molecule has 0 bridgehead atoms. The Labute approximate surface area is 367 Å². The van der Waals surface area contributed by atoms with E-state index in [-0.39, 0.29) is 5.41 Å². The van der Waals surface area contributed by atoms with E-state index >= 15 is 0 Å². The third kappa shape index (κ3) is 6.57. The second-order valence-electron chi connectivity index (χ2n) is 16.8. The highest BCUT2D eigenvalue weighted by atomic mass is 32.1. The summed E-state index contributed by atoms with van der Waals surface area (Å²) >= 11 is 1.85. The van der Waals surface area contributed by atoms with Gasteiger partial charge in [-0.2, -0.15) is 0 Å². The molecule has 62 heavy (non-hydrogen) atoms. The van der Waals surface area contributed by atoms with E-state index < -0.39 is 0 Å². The van der Waals surface area contributed by atoms with Crippen LogP contribution < -0.4 is 4.74 Å². The monoisotopic (exact) mass is 815 g/mol. The van der Waals surface area contributed by atoms with Gasteiger partial charge in [0, 0.05) is 42.0 Å². The van der Waals surface area contributed by atoms with Crippen molar-refractivity contribution in [2.75, 3.05) is 0 Å². The largest absolute Gasteiger partial charge is 0.457 e. The number of hydrogen-bond acceptors (Lipinski definition) is 2. The van der Waals surface area contributed by atoms with Crippen molar-refractivity contribution >= 4 is 65.0 Å². The Morgan fingerprint density at radius 2 is 1.24 bits per heavy atom.